The second-order valence-electron chi connectivity index (χ2n) is 5.47. The normalized spacial score (nSPS) is 20.6. The summed E-state index contributed by atoms with van der Waals surface area (Å²) >= 11 is 2.07. The summed E-state index contributed by atoms with van der Waals surface area (Å²) in [6.07, 6.45) is 0.998. The first-order chi connectivity index (χ1) is 9.52. The molecule has 0 bridgehead atoms. The van der Waals surface area contributed by atoms with Gasteiger partial charge >= 0.3 is 0 Å². The van der Waals surface area contributed by atoms with Crippen LogP contribution in [0.1, 0.15) is 50.7 Å². The second kappa shape index (κ2) is 7.00. The average Bonchev–Trinajstić information content (AvgIpc) is 2.42. The highest BCUT2D eigenvalue weighted by atomic mass is 127. The Hall–Kier alpha value is -0.470. The van der Waals surface area contributed by atoms with Crippen LogP contribution in [-0.4, -0.2) is 41.1 Å². The van der Waals surface area contributed by atoms with Gasteiger partial charge in [-0.2, -0.15) is 0 Å². The van der Waals surface area contributed by atoms with E-state index in [9.17, 15) is 4.79 Å². The third-order valence-electron chi connectivity index (χ3n) is 3.45. The molecule has 112 valence electrons. The number of hydrogen-bond acceptors (Lipinski definition) is 4. The maximum Gasteiger partial charge on any atom is 0.264 e. The third-order valence-corrected chi connectivity index (χ3v) is 4.49. The molecule has 1 N–H and O–H groups in total. The number of H-pyrrole nitrogens is 1. The van der Waals surface area contributed by atoms with Crippen LogP contribution in [0, 0.1) is 3.57 Å². The van der Waals surface area contributed by atoms with Crippen LogP contribution in [0.4, 0.5) is 0 Å². The molecule has 2 heterocycles. The Morgan fingerprint density at radius 3 is 2.95 bits per heavy atom. The molecule has 1 aliphatic heterocycles. The third kappa shape index (κ3) is 3.59. The van der Waals surface area contributed by atoms with Gasteiger partial charge in [0.05, 0.1) is 15.9 Å². The van der Waals surface area contributed by atoms with Crippen LogP contribution in [0.2, 0.25) is 0 Å². The Labute approximate surface area is 133 Å². The summed E-state index contributed by atoms with van der Waals surface area (Å²) in [6, 6.07) is 0. The van der Waals surface area contributed by atoms with Crippen LogP contribution in [0.15, 0.2) is 4.79 Å². The zero-order valence-corrected chi connectivity index (χ0v) is 14.4. The van der Waals surface area contributed by atoms with E-state index >= 15 is 0 Å². The molecule has 0 radical (unpaired) electrons. The maximum absolute atomic E-state index is 12.0. The van der Waals surface area contributed by atoms with E-state index in [4.69, 9.17) is 4.74 Å². The summed E-state index contributed by atoms with van der Waals surface area (Å²) in [5, 5.41) is 0. The lowest BCUT2D eigenvalue weighted by molar-refractivity contribution is -0.0344. The van der Waals surface area contributed by atoms with Crippen molar-refractivity contribution in [3.8, 4) is 0 Å². The molecular weight excluding hydrogens is 369 g/mol. The Kier molecular flexibility index (Phi) is 5.57. The van der Waals surface area contributed by atoms with Gasteiger partial charge in [0.15, 0.2) is 0 Å². The van der Waals surface area contributed by atoms with Gasteiger partial charge in [-0.3, -0.25) is 9.69 Å². The molecule has 1 aromatic heterocycles. The van der Waals surface area contributed by atoms with Gasteiger partial charge in [-0.15, -0.1) is 0 Å². The first-order valence-electron chi connectivity index (χ1n) is 7.16. The van der Waals surface area contributed by atoms with Gasteiger partial charge in [0, 0.05) is 13.1 Å². The Morgan fingerprint density at radius 1 is 1.55 bits per heavy atom. The van der Waals surface area contributed by atoms with Crippen molar-refractivity contribution >= 4 is 22.6 Å². The average molecular weight is 391 g/mol. The van der Waals surface area contributed by atoms with E-state index in [1.807, 2.05) is 0 Å². The van der Waals surface area contributed by atoms with Gasteiger partial charge in [-0.05, 0) is 41.5 Å². The Morgan fingerprint density at radius 2 is 2.30 bits per heavy atom. The minimum atomic E-state index is -0.127. The zero-order valence-electron chi connectivity index (χ0n) is 12.3. The number of ether oxygens (including phenoxy) is 1. The van der Waals surface area contributed by atoms with Crippen molar-refractivity contribution in [2.75, 3.05) is 26.2 Å². The molecule has 6 heteroatoms. The van der Waals surface area contributed by atoms with E-state index in [0.717, 1.165) is 31.7 Å². The quantitative estimate of drug-likeness (QED) is 0.801. The fraction of sp³-hybridized carbons (Fsp3) is 0.714. The lowest BCUT2D eigenvalue weighted by Gasteiger charge is -2.32. The summed E-state index contributed by atoms with van der Waals surface area (Å²) in [7, 11) is 0. The van der Waals surface area contributed by atoms with Gasteiger partial charge in [-0.25, -0.2) is 4.98 Å². The molecule has 2 rings (SSSR count). The van der Waals surface area contributed by atoms with E-state index in [2.05, 4.69) is 58.2 Å². The molecule has 0 aliphatic carbocycles. The minimum Gasteiger partial charge on any atom is -0.368 e. The molecule has 0 spiro atoms. The van der Waals surface area contributed by atoms with Crippen molar-refractivity contribution in [2.45, 2.75) is 39.2 Å². The predicted octanol–water partition coefficient (Wildman–Crippen LogP) is 2.28. The maximum atomic E-state index is 12.0. The largest absolute Gasteiger partial charge is 0.368 e. The van der Waals surface area contributed by atoms with E-state index in [1.165, 1.54) is 0 Å². The van der Waals surface area contributed by atoms with Gasteiger partial charge in [-0.1, -0.05) is 20.8 Å². The van der Waals surface area contributed by atoms with Gasteiger partial charge in [0.1, 0.15) is 11.9 Å². The van der Waals surface area contributed by atoms with Gasteiger partial charge in [0.25, 0.3) is 5.56 Å². The van der Waals surface area contributed by atoms with E-state index in [-0.39, 0.29) is 17.6 Å². The topological polar surface area (TPSA) is 58.2 Å². The molecule has 1 aliphatic rings. The molecule has 0 aromatic carbocycles. The van der Waals surface area contributed by atoms with Crippen molar-refractivity contribution in [1.29, 1.82) is 0 Å². The SMILES string of the molecule is CCCN1CCOC(c2nc(C(C)C)c(I)c(=O)[nH]2)C1. The highest BCUT2D eigenvalue weighted by Crippen LogP contribution is 2.22. The minimum absolute atomic E-state index is 0.0597. The van der Waals surface area contributed by atoms with Crippen LogP contribution in [-0.2, 0) is 4.74 Å². The van der Waals surface area contributed by atoms with Crippen LogP contribution in [0.5, 0.6) is 0 Å². The number of rotatable bonds is 4. The van der Waals surface area contributed by atoms with Gasteiger partial charge in [0.2, 0.25) is 0 Å². The number of halogens is 1. The smallest absolute Gasteiger partial charge is 0.264 e. The lowest BCUT2D eigenvalue weighted by Crippen LogP contribution is -2.40. The van der Waals surface area contributed by atoms with Gasteiger partial charge < -0.3 is 9.72 Å². The van der Waals surface area contributed by atoms with Crippen LogP contribution < -0.4 is 5.56 Å². The first kappa shape index (κ1) is 15.9. The van der Waals surface area contributed by atoms with Crippen molar-refractivity contribution < 1.29 is 4.74 Å². The summed E-state index contributed by atoms with van der Waals surface area (Å²) in [5.74, 6) is 0.901. The fourth-order valence-electron chi connectivity index (χ4n) is 2.42. The van der Waals surface area contributed by atoms with Crippen LogP contribution in [0.25, 0.3) is 0 Å². The van der Waals surface area contributed by atoms with Crippen LogP contribution in [0.3, 0.4) is 0 Å². The first-order valence-corrected chi connectivity index (χ1v) is 8.24. The van der Waals surface area contributed by atoms with Crippen LogP contribution >= 0.6 is 22.6 Å². The Balaban J connectivity index is 2.26. The molecule has 1 aromatic rings. The molecule has 1 fully saturated rings. The van der Waals surface area contributed by atoms with E-state index < -0.39 is 0 Å². The number of morpholine rings is 1. The fourth-order valence-corrected chi connectivity index (χ4v) is 3.29. The number of nitrogens with one attached hydrogen (secondary N) is 1. The summed E-state index contributed by atoms with van der Waals surface area (Å²) < 4.78 is 6.48. The molecule has 5 nitrogen and oxygen atoms in total. The molecule has 1 saturated heterocycles. The number of hydrogen-bond donors (Lipinski definition) is 1. The second-order valence-corrected chi connectivity index (χ2v) is 6.54. The number of nitrogens with zero attached hydrogens (tertiary/aromatic N) is 2. The van der Waals surface area contributed by atoms with Crippen molar-refractivity contribution in [1.82, 2.24) is 14.9 Å². The number of aromatic amines is 1. The monoisotopic (exact) mass is 391 g/mol. The molecule has 0 amide bonds. The Bertz CT molecular complexity index is 514. The predicted molar refractivity (Wildman–Crippen MR) is 87.1 cm³/mol. The molecule has 1 unspecified atom stereocenters. The summed E-state index contributed by atoms with van der Waals surface area (Å²) in [4.78, 5) is 21.9. The lowest BCUT2D eigenvalue weighted by atomic mass is 10.1. The van der Waals surface area contributed by atoms with Crippen molar-refractivity contribution in [3.63, 3.8) is 0 Å². The van der Waals surface area contributed by atoms with E-state index in [1.54, 1.807) is 0 Å². The summed E-state index contributed by atoms with van der Waals surface area (Å²) in [6.45, 7) is 9.79. The zero-order chi connectivity index (χ0) is 14.7. The summed E-state index contributed by atoms with van der Waals surface area (Å²) in [5.41, 5.74) is 0.802. The standard InChI is InChI=1S/C14H22IN3O2/c1-4-5-18-6-7-20-10(8-18)13-16-12(9(2)3)11(15)14(19)17-13/h9-10H,4-8H2,1-3H3,(H,16,17,19). The molecule has 1 atom stereocenters. The number of aromatic nitrogens is 2. The molecular formula is C14H22IN3O2. The van der Waals surface area contributed by atoms with Crippen molar-refractivity contribution in [2.24, 2.45) is 0 Å². The highest BCUT2D eigenvalue weighted by molar-refractivity contribution is 14.1. The highest BCUT2D eigenvalue weighted by Gasteiger charge is 2.25. The molecule has 0 saturated carbocycles. The van der Waals surface area contributed by atoms with Crippen molar-refractivity contribution in [3.05, 3.63) is 25.4 Å². The molecule has 20 heavy (non-hydrogen) atoms. The van der Waals surface area contributed by atoms with E-state index in [0.29, 0.717) is 16.0 Å².